The molecule has 0 radical (unpaired) electrons. The van der Waals surface area contributed by atoms with Crippen LogP contribution in [-0.4, -0.2) is 44.5 Å². The molecular formula is C18H21N3O5S. The number of nitro benzene ring substituents is 1. The van der Waals surface area contributed by atoms with Crippen molar-refractivity contribution in [2.24, 2.45) is 0 Å². The molecule has 1 fully saturated rings. The molecule has 9 heteroatoms. The number of non-ortho nitro benzene ring substituents is 1. The number of hydrogen-bond donors (Lipinski definition) is 1. The molecule has 1 aliphatic rings. The highest BCUT2D eigenvalue weighted by atomic mass is 32.2. The fourth-order valence-electron chi connectivity index (χ4n) is 2.88. The second kappa shape index (κ2) is 7.93. The molecule has 3 rings (SSSR count). The minimum absolute atomic E-state index is 0.161. The summed E-state index contributed by atoms with van der Waals surface area (Å²) in [4.78, 5) is 12.3. The van der Waals surface area contributed by atoms with Crippen LogP contribution in [0, 0.1) is 10.1 Å². The Kier molecular flexibility index (Phi) is 5.62. The number of likely N-dealkylation sites (tertiary alicyclic amines) is 1. The fraction of sp³-hybridized carbons (Fsp3) is 0.333. The van der Waals surface area contributed by atoms with Crippen molar-refractivity contribution in [2.75, 3.05) is 24.9 Å². The van der Waals surface area contributed by atoms with Crippen molar-refractivity contribution in [3.8, 4) is 5.75 Å². The maximum atomic E-state index is 12.4. The van der Waals surface area contributed by atoms with E-state index in [1.54, 1.807) is 24.3 Å². The number of piperidine rings is 1. The lowest BCUT2D eigenvalue weighted by atomic mass is 10.1. The smallest absolute Gasteiger partial charge is 0.270 e. The third-order valence-electron chi connectivity index (χ3n) is 4.41. The molecule has 0 saturated carbocycles. The Morgan fingerprint density at radius 2 is 1.81 bits per heavy atom. The van der Waals surface area contributed by atoms with Gasteiger partial charge in [0, 0.05) is 30.9 Å². The highest BCUT2D eigenvalue weighted by Crippen LogP contribution is 2.24. The maximum absolute atomic E-state index is 12.4. The van der Waals surface area contributed by atoms with E-state index in [-0.39, 0.29) is 16.7 Å². The minimum atomic E-state index is -3.92. The zero-order chi connectivity index (χ0) is 19.4. The number of hydrogen-bond acceptors (Lipinski definition) is 6. The van der Waals surface area contributed by atoms with Gasteiger partial charge in [-0.1, -0.05) is 6.07 Å². The van der Waals surface area contributed by atoms with E-state index in [2.05, 4.69) is 16.7 Å². The average Bonchev–Trinajstić information content (AvgIpc) is 2.65. The maximum Gasteiger partial charge on any atom is 0.270 e. The van der Waals surface area contributed by atoms with Crippen LogP contribution in [0.1, 0.15) is 12.8 Å². The SMILES string of the molecule is CN1CCC(Oc2ccc(NS(=O)(=O)c3cccc([N+](=O)[O-])c3)cc2)CC1. The molecule has 0 bridgehead atoms. The molecule has 0 amide bonds. The molecule has 0 unspecified atom stereocenters. The van der Waals surface area contributed by atoms with Gasteiger partial charge >= 0.3 is 0 Å². The van der Waals surface area contributed by atoms with Crippen molar-refractivity contribution in [1.82, 2.24) is 4.90 Å². The largest absolute Gasteiger partial charge is 0.490 e. The third-order valence-corrected chi connectivity index (χ3v) is 5.79. The number of nitrogens with one attached hydrogen (secondary N) is 1. The first-order chi connectivity index (χ1) is 12.8. The van der Waals surface area contributed by atoms with Gasteiger partial charge in [0.05, 0.1) is 9.82 Å². The van der Waals surface area contributed by atoms with Crippen molar-refractivity contribution in [2.45, 2.75) is 23.8 Å². The molecule has 0 aromatic heterocycles. The van der Waals surface area contributed by atoms with Gasteiger partial charge in [0.25, 0.3) is 15.7 Å². The van der Waals surface area contributed by atoms with Gasteiger partial charge in [-0.05, 0) is 50.2 Å². The van der Waals surface area contributed by atoms with Crippen molar-refractivity contribution < 1.29 is 18.1 Å². The molecule has 1 N–H and O–H groups in total. The zero-order valence-electron chi connectivity index (χ0n) is 14.9. The van der Waals surface area contributed by atoms with E-state index in [0.717, 1.165) is 32.0 Å². The summed E-state index contributed by atoms with van der Waals surface area (Å²) < 4.78 is 33.2. The zero-order valence-corrected chi connectivity index (χ0v) is 15.7. The van der Waals surface area contributed by atoms with Crippen LogP contribution < -0.4 is 9.46 Å². The Labute approximate surface area is 158 Å². The van der Waals surface area contributed by atoms with Gasteiger partial charge in [-0.25, -0.2) is 8.42 Å². The highest BCUT2D eigenvalue weighted by Gasteiger charge is 2.19. The van der Waals surface area contributed by atoms with Gasteiger partial charge < -0.3 is 9.64 Å². The predicted molar refractivity (Wildman–Crippen MR) is 101 cm³/mol. The molecule has 27 heavy (non-hydrogen) atoms. The molecule has 2 aromatic rings. The van der Waals surface area contributed by atoms with Crippen LogP contribution >= 0.6 is 0 Å². The van der Waals surface area contributed by atoms with E-state index in [1.807, 2.05) is 0 Å². The van der Waals surface area contributed by atoms with Crippen LogP contribution in [0.4, 0.5) is 11.4 Å². The topological polar surface area (TPSA) is 102 Å². The van der Waals surface area contributed by atoms with E-state index in [4.69, 9.17) is 4.74 Å². The molecule has 0 atom stereocenters. The molecule has 0 aliphatic carbocycles. The Morgan fingerprint density at radius 3 is 2.44 bits per heavy atom. The van der Waals surface area contributed by atoms with Gasteiger partial charge in [-0.2, -0.15) is 0 Å². The predicted octanol–water partition coefficient (Wildman–Crippen LogP) is 2.87. The van der Waals surface area contributed by atoms with Crippen molar-refractivity contribution in [3.63, 3.8) is 0 Å². The van der Waals surface area contributed by atoms with Crippen LogP contribution in [-0.2, 0) is 10.0 Å². The van der Waals surface area contributed by atoms with Gasteiger partial charge in [0.2, 0.25) is 0 Å². The van der Waals surface area contributed by atoms with Crippen molar-refractivity contribution in [3.05, 3.63) is 58.6 Å². The molecule has 8 nitrogen and oxygen atoms in total. The van der Waals surface area contributed by atoms with Gasteiger partial charge in [-0.15, -0.1) is 0 Å². The minimum Gasteiger partial charge on any atom is -0.490 e. The van der Waals surface area contributed by atoms with Crippen LogP contribution in [0.15, 0.2) is 53.4 Å². The highest BCUT2D eigenvalue weighted by molar-refractivity contribution is 7.92. The summed E-state index contributed by atoms with van der Waals surface area (Å²) in [5.74, 6) is 0.683. The lowest BCUT2D eigenvalue weighted by Crippen LogP contribution is -2.35. The number of nitrogens with zero attached hydrogens (tertiary/aromatic N) is 2. The molecular weight excluding hydrogens is 370 g/mol. The summed E-state index contributed by atoms with van der Waals surface area (Å²) in [6.07, 6.45) is 2.07. The van der Waals surface area contributed by atoms with Gasteiger partial charge in [0.15, 0.2) is 0 Å². The van der Waals surface area contributed by atoms with Crippen LogP contribution in [0.5, 0.6) is 5.75 Å². The fourth-order valence-corrected chi connectivity index (χ4v) is 3.97. The lowest BCUT2D eigenvalue weighted by Gasteiger charge is -2.29. The summed E-state index contributed by atoms with van der Waals surface area (Å²) in [7, 11) is -1.83. The van der Waals surface area contributed by atoms with E-state index in [9.17, 15) is 18.5 Å². The molecule has 1 saturated heterocycles. The number of sulfonamides is 1. The first kappa shape index (κ1) is 19.1. The molecule has 1 aliphatic heterocycles. The number of benzene rings is 2. The Bertz CT molecular complexity index is 907. The van der Waals surface area contributed by atoms with Crippen LogP contribution in [0.25, 0.3) is 0 Å². The molecule has 144 valence electrons. The molecule has 1 heterocycles. The second-order valence-corrected chi connectivity index (χ2v) is 8.19. The van der Waals surface area contributed by atoms with E-state index >= 15 is 0 Å². The third kappa shape index (κ3) is 4.95. The summed E-state index contributed by atoms with van der Waals surface area (Å²) in [6.45, 7) is 1.98. The number of nitro groups is 1. The Hall–Kier alpha value is -2.65. The van der Waals surface area contributed by atoms with E-state index < -0.39 is 14.9 Å². The van der Waals surface area contributed by atoms with E-state index in [1.165, 1.54) is 18.2 Å². The van der Waals surface area contributed by atoms with Gasteiger partial charge in [0.1, 0.15) is 11.9 Å². The van der Waals surface area contributed by atoms with Crippen LogP contribution in [0.2, 0.25) is 0 Å². The number of anilines is 1. The summed E-state index contributed by atoms with van der Waals surface area (Å²) >= 11 is 0. The van der Waals surface area contributed by atoms with E-state index in [0.29, 0.717) is 11.4 Å². The van der Waals surface area contributed by atoms with Gasteiger partial charge in [-0.3, -0.25) is 14.8 Å². The molecule has 0 spiro atoms. The Balaban J connectivity index is 1.67. The number of rotatable bonds is 6. The summed E-state index contributed by atoms with van der Waals surface area (Å²) in [5.41, 5.74) is 0.0805. The Morgan fingerprint density at radius 1 is 1.15 bits per heavy atom. The standard InChI is InChI=1S/C18H21N3O5S/c1-20-11-9-17(10-12-20)26-16-7-5-14(6-8-16)19-27(24,25)18-4-2-3-15(13-18)21(22)23/h2-8,13,17,19H,9-12H2,1H3. The quantitative estimate of drug-likeness (QED) is 0.600. The summed E-state index contributed by atoms with van der Waals surface area (Å²) in [5, 5.41) is 10.8. The number of ether oxygens (including phenoxy) is 1. The first-order valence-corrected chi connectivity index (χ1v) is 10.0. The second-order valence-electron chi connectivity index (χ2n) is 6.50. The average molecular weight is 391 g/mol. The monoisotopic (exact) mass is 391 g/mol. The first-order valence-electron chi connectivity index (χ1n) is 8.56. The van der Waals surface area contributed by atoms with Crippen molar-refractivity contribution >= 4 is 21.4 Å². The normalized spacial score (nSPS) is 16.0. The lowest BCUT2D eigenvalue weighted by molar-refractivity contribution is -0.385. The molecule has 2 aromatic carbocycles. The van der Waals surface area contributed by atoms with Crippen LogP contribution in [0.3, 0.4) is 0 Å². The summed E-state index contributed by atoms with van der Waals surface area (Å²) in [6, 6.07) is 11.6. The van der Waals surface area contributed by atoms with Crippen molar-refractivity contribution in [1.29, 1.82) is 0 Å².